The quantitative estimate of drug-likeness (QED) is 0.464. The number of amides is 1. The van der Waals surface area contributed by atoms with Crippen LogP contribution < -0.4 is 4.90 Å². The van der Waals surface area contributed by atoms with E-state index in [1.165, 1.54) is 16.0 Å². The second-order valence-electron chi connectivity index (χ2n) is 7.43. The first-order valence-corrected chi connectivity index (χ1v) is 11.9. The molecule has 2 heterocycles. The molecule has 1 unspecified atom stereocenters. The van der Waals surface area contributed by atoms with Crippen LogP contribution in [-0.2, 0) is 4.74 Å². The fraction of sp³-hybridized carbons (Fsp3) is 0.391. The molecule has 0 aliphatic carbocycles. The van der Waals surface area contributed by atoms with Crippen LogP contribution in [0, 0.1) is 13.8 Å². The smallest absolute Gasteiger partial charge is 0.260 e. The van der Waals surface area contributed by atoms with Crippen LogP contribution in [-0.4, -0.2) is 35.9 Å². The summed E-state index contributed by atoms with van der Waals surface area (Å²) in [7, 11) is 0. The molecule has 0 spiro atoms. The van der Waals surface area contributed by atoms with Crippen molar-refractivity contribution in [2.75, 3.05) is 23.8 Å². The summed E-state index contributed by atoms with van der Waals surface area (Å²) < 4.78 is 6.98. The van der Waals surface area contributed by atoms with Gasteiger partial charge in [-0.1, -0.05) is 24.3 Å². The van der Waals surface area contributed by atoms with E-state index in [0.717, 1.165) is 40.5 Å². The minimum absolute atomic E-state index is 0.0121. The Hall–Kier alpha value is -1.89. The van der Waals surface area contributed by atoms with E-state index in [-0.39, 0.29) is 12.0 Å². The van der Waals surface area contributed by atoms with Gasteiger partial charge in [0.15, 0.2) is 5.13 Å². The molecule has 3 aromatic rings. The molecule has 1 amide bonds. The normalized spacial score (nSPS) is 16.4. The highest BCUT2D eigenvalue weighted by atomic mass is 32.2. The predicted octanol–water partition coefficient (Wildman–Crippen LogP) is 5.85. The number of nitrogens with zero attached hydrogens (tertiary/aromatic N) is 2. The van der Waals surface area contributed by atoms with Crippen LogP contribution in [0.15, 0.2) is 41.3 Å². The van der Waals surface area contributed by atoms with E-state index in [1.807, 2.05) is 29.2 Å². The fourth-order valence-electron chi connectivity index (χ4n) is 3.74. The largest absolute Gasteiger partial charge is 0.376 e. The van der Waals surface area contributed by atoms with Crippen LogP contribution in [0.1, 0.15) is 41.3 Å². The van der Waals surface area contributed by atoms with Crippen molar-refractivity contribution in [2.24, 2.45) is 0 Å². The van der Waals surface area contributed by atoms with Gasteiger partial charge in [-0.3, -0.25) is 9.69 Å². The molecule has 0 bridgehead atoms. The summed E-state index contributed by atoms with van der Waals surface area (Å²) >= 11 is 3.37. The van der Waals surface area contributed by atoms with Crippen LogP contribution in [0.2, 0.25) is 0 Å². The molecule has 1 saturated heterocycles. The Bertz CT molecular complexity index is 1010. The van der Waals surface area contributed by atoms with E-state index in [0.29, 0.717) is 12.1 Å². The molecule has 2 aromatic carbocycles. The third-order valence-corrected chi connectivity index (χ3v) is 7.23. The van der Waals surface area contributed by atoms with Crippen molar-refractivity contribution in [2.45, 2.75) is 44.6 Å². The van der Waals surface area contributed by atoms with Crippen molar-refractivity contribution in [3.8, 4) is 0 Å². The van der Waals surface area contributed by atoms with Crippen LogP contribution in [0.25, 0.3) is 10.2 Å². The maximum Gasteiger partial charge on any atom is 0.260 e. The fourth-order valence-corrected chi connectivity index (χ4v) is 5.42. The second-order valence-corrected chi connectivity index (χ2v) is 9.75. The number of fused-ring (bicyclic) bond motifs is 1. The lowest BCUT2D eigenvalue weighted by Gasteiger charge is -2.23. The monoisotopic (exact) mass is 426 g/mol. The number of anilines is 1. The first kappa shape index (κ1) is 20.4. The van der Waals surface area contributed by atoms with Gasteiger partial charge in [0.25, 0.3) is 5.91 Å². The molecular formula is C23H26N2O2S2. The number of rotatable bonds is 6. The zero-order valence-electron chi connectivity index (χ0n) is 17.1. The molecule has 0 radical (unpaired) electrons. The zero-order chi connectivity index (χ0) is 20.4. The first-order chi connectivity index (χ1) is 14.0. The number of hydrogen-bond donors (Lipinski definition) is 0. The Morgan fingerprint density at radius 1 is 1.28 bits per heavy atom. The zero-order valence-corrected chi connectivity index (χ0v) is 18.7. The third-order valence-electron chi connectivity index (χ3n) is 5.11. The van der Waals surface area contributed by atoms with E-state index < -0.39 is 0 Å². The van der Waals surface area contributed by atoms with Gasteiger partial charge in [-0.15, -0.1) is 11.8 Å². The molecule has 1 atom stereocenters. The summed E-state index contributed by atoms with van der Waals surface area (Å²) in [6, 6.07) is 12.2. The van der Waals surface area contributed by atoms with Crippen molar-refractivity contribution in [3.05, 3.63) is 53.1 Å². The van der Waals surface area contributed by atoms with E-state index in [1.54, 1.807) is 23.1 Å². The van der Waals surface area contributed by atoms with E-state index >= 15 is 0 Å². The molecule has 4 rings (SSSR count). The number of benzene rings is 2. The van der Waals surface area contributed by atoms with Gasteiger partial charge in [-0.2, -0.15) is 0 Å². The molecule has 4 nitrogen and oxygen atoms in total. The number of thioether (sulfide) groups is 1. The summed E-state index contributed by atoms with van der Waals surface area (Å²) in [5, 5.41) is 0.751. The maximum absolute atomic E-state index is 13.5. The Labute approximate surface area is 180 Å². The topological polar surface area (TPSA) is 42.4 Å². The Morgan fingerprint density at radius 3 is 2.76 bits per heavy atom. The Morgan fingerprint density at radius 2 is 2.07 bits per heavy atom. The van der Waals surface area contributed by atoms with Crippen molar-refractivity contribution in [1.82, 2.24) is 4.98 Å². The number of hydrogen-bond acceptors (Lipinski definition) is 5. The molecule has 0 saturated carbocycles. The average molecular weight is 427 g/mol. The summed E-state index contributed by atoms with van der Waals surface area (Å²) in [4.78, 5) is 21.3. The predicted molar refractivity (Wildman–Crippen MR) is 123 cm³/mol. The van der Waals surface area contributed by atoms with E-state index in [4.69, 9.17) is 9.72 Å². The van der Waals surface area contributed by atoms with Gasteiger partial charge >= 0.3 is 0 Å². The number of aryl methyl sites for hydroxylation is 2. The molecule has 6 heteroatoms. The van der Waals surface area contributed by atoms with Gasteiger partial charge in [0.05, 0.1) is 22.9 Å². The summed E-state index contributed by atoms with van der Waals surface area (Å²) in [6.45, 7) is 7.63. The SMILES string of the molecule is CCSc1ccc(C(=O)N(CC2CCCO2)c2nc3cc(C)cc(C)c3s2)cc1. The van der Waals surface area contributed by atoms with Gasteiger partial charge in [-0.05, 0) is 73.9 Å². The summed E-state index contributed by atoms with van der Waals surface area (Å²) in [5.41, 5.74) is 4.04. The second kappa shape index (κ2) is 8.86. The van der Waals surface area contributed by atoms with Gasteiger partial charge in [-0.25, -0.2) is 4.98 Å². The number of carbonyl (C=O) groups is 1. The highest BCUT2D eigenvalue weighted by Crippen LogP contribution is 2.33. The van der Waals surface area contributed by atoms with Crippen molar-refractivity contribution in [3.63, 3.8) is 0 Å². The van der Waals surface area contributed by atoms with Gasteiger partial charge < -0.3 is 4.74 Å². The standard InChI is InChI=1S/C23H26N2O2S2/c1-4-28-19-9-7-17(8-10-19)22(26)25(14-18-6-5-11-27-18)23-24-20-13-15(2)12-16(3)21(20)29-23/h7-10,12-13,18H,4-6,11,14H2,1-3H3. The van der Waals surface area contributed by atoms with Gasteiger partial charge in [0.1, 0.15) is 0 Å². The van der Waals surface area contributed by atoms with Crippen LogP contribution in [0.3, 0.4) is 0 Å². The number of carbonyl (C=O) groups excluding carboxylic acids is 1. The lowest BCUT2D eigenvalue weighted by atomic mass is 10.1. The number of thiazole rings is 1. The minimum atomic E-state index is -0.0121. The van der Waals surface area contributed by atoms with Crippen molar-refractivity contribution >= 4 is 44.4 Å². The van der Waals surface area contributed by atoms with Crippen LogP contribution >= 0.6 is 23.1 Å². The molecular weight excluding hydrogens is 400 g/mol. The summed E-state index contributed by atoms with van der Waals surface area (Å²) in [6.07, 6.45) is 2.11. The average Bonchev–Trinajstić information content (AvgIpc) is 3.36. The molecule has 1 aliphatic rings. The molecule has 0 N–H and O–H groups in total. The number of ether oxygens (including phenoxy) is 1. The highest BCUT2D eigenvalue weighted by Gasteiger charge is 2.27. The van der Waals surface area contributed by atoms with Crippen LogP contribution in [0.5, 0.6) is 0 Å². The molecule has 152 valence electrons. The van der Waals surface area contributed by atoms with Gasteiger partial charge in [0.2, 0.25) is 0 Å². The van der Waals surface area contributed by atoms with E-state index in [9.17, 15) is 4.79 Å². The summed E-state index contributed by atoms with van der Waals surface area (Å²) in [5.74, 6) is 1.00. The van der Waals surface area contributed by atoms with E-state index in [2.05, 4.69) is 32.9 Å². The molecule has 1 aromatic heterocycles. The molecule has 29 heavy (non-hydrogen) atoms. The Balaban J connectivity index is 1.69. The minimum Gasteiger partial charge on any atom is -0.376 e. The van der Waals surface area contributed by atoms with Crippen LogP contribution in [0.4, 0.5) is 5.13 Å². The lowest BCUT2D eigenvalue weighted by Crippen LogP contribution is -2.37. The third kappa shape index (κ3) is 4.49. The maximum atomic E-state index is 13.5. The Kier molecular flexibility index (Phi) is 6.23. The highest BCUT2D eigenvalue weighted by molar-refractivity contribution is 7.99. The van der Waals surface area contributed by atoms with Gasteiger partial charge in [0, 0.05) is 17.1 Å². The van der Waals surface area contributed by atoms with Crippen molar-refractivity contribution < 1.29 is 9.53 Å². The first-order valence-electron chi connectivity index (χ1n) is 10.1. The number of aromatic nitrogens is 1. The lowest BCUT2D eigenvalue weighted by molar-refractivity contribution is 0.0917. The molecule has 1 aliphatic heterocycles. The van der Waals surface area contributed by atoms with Crippen molar-refractivity contribution in [1.29, 1.82) is 0 Å². The molecule has 1 fully saturated rings.